The van der Waals surface area contributed by atoms with Gasteiger partial charge in [-0.3, -0.25) is 4.79 Å². The molecule has 138 valence electrons. The lowest BCUT2D eigenvalue weighted by atomic mass is 9.90. The second kappa shape index (κ2) is 8.32. The Morgan fingerprint density at radius 1 is 1.08 bits per heavy atom. The van der Waals surface area contributed by atoms with E-state index in [2.05, 4.69) is 16.7 Å². The number of carbonyl (C=O) groups excluding carboxylic acids is 1. The van der Waals surface area contributed by atoms with E-state index in [4.69, 9.17) is 21.1 Å². The number of halogens is 1. The van der Waals surface area contributed by atoms with Crippen molar-refractivity contribution in [3.05, 3.63) is 46.5 Å². The number of benzene rings is 2. The first kappa shape index (κ1) is 18.4. The maximum Gasteiger partial charge on any atom is 0.243 e. The van der Waals surface area contributed by atoms with Crippen molar-refractivity contribution in [3.8, 4) is 11.5 Å². The number of nitrogens with one attached hydrogen (secondary N) is 2. The number of hydrogen-bond acceptors (Lipinski definition) is 4. The van der Waals surface area contributed by atoms with Crippen molar-refractivity contribution < 1.29 is 14.3 Å². The minimum atomic E-state index is -0.166. The molecule has 2 aromatic carbocycles. The Morgan fingerprint density at radius 2 is 1.85 bits per heavy atom. The summed E-state index contributed by atoms with van der Waals surface area (Å²) in [6.45, 7) is 0.171. The molecule has 0 unspecified atom stereocenters. The zero-order valence-corrected chi connectivity index (χ0v) is 15.8. The van der Waals surface area contributed by atoms with Crippen LogP contribution in [0.5, 0.6) is 11.5 Å². The number of anilines is 2. The van der Waals surface area contributed by atoms with Crippen LogP contribution in [0.1, 0.15) is 24.0 Å². The first-order chi connectivity index (χ1) is 12.6. The smallest absolute Gasteiger partial charge is 0.243 e. The summed E-state index contributed by atoms with van der Waals surface area (Å²) in [4.78, 5) is 12.4. The molecule has 5 nitrogen and oxygen atoms in total. The van der Waals surface area contributed by atoms with Crippen LogP contribution in [-0.4, -0.2) is 26.7 Å². The van der Waals surface area contributed by atoms with Gasteiger partial charge in [-0.1, -0.05) is 23.7 Å². The Kier molecular flexibility index (Phi) is 5.89. The number of hydrogen-bond donors (Lipinski definition) is 2. The van der Waals surface area contributed by atoms with Gasteiger partial charge in [-0.05, 0) is 42.9 Å². The van der Waals surface area contributed by atoms with Crippen molar-refractivity contribution in [1.82, 2.24) is 0 Å². The van der Waals surface area contributed by atoms with E-state index >= 15 is 0 Å². The number of ether oxygens (including phenoxy) is 2. The highest BCUT2D eigenvalue weighted by Gasteiger charge is 2.15. The van der Waals surface area contributed by atoms with Crippen LogP contribution in [-0.2, 0) is 17.6 Å². The van der Waals surface area contributed by atoms with Gasteiger partial charge < -0.3 is 20.1 Å². The average Bonchev–Trinajstić information content (AvgIpc) is 2.67. The number of aryl methyl sites for hydroxylation is 1. The Morgan fingerprint density at radius 3 is 2.62 bits per heavy atom. The van der Waals surface area contributed by atoms with Crippen LogP contribution < -0.4 is 20.1 Å². The van der Waals surface area contributed by atoms with E-state index in [0.29, 0.717) is 22.2 Å². The maximum absolute atomic E-state index is 12.4. The molecule has 2 N–H and O–H groups in total. The number of fused-ring (bicyclic) bond motifs is 1. The van der Waals surface area contributed by atoms with E-state index < -0.39 is 0 Å². The Labute approximate surface area is 158 Å². The summed E-state index contributed by atoms with van der Waals surface area (Å²) in [7, 11) is 3.06. The van der Waals surface area contributed by atoms with Gasteiger partial charge in [0.25, 0.3) is 0 Å². The summed E-state index contributed by atoms with van der Waals surface area (Å²) in [5, 5.41) is 6.54. The van der Waals surface area contributed by atoms with Crippen LogP contribution in [0.15, 0.2) is 30.3 Å². The Bertz CT molecular complexity index is 808. The van der Waals surface area contributed by atoms with Gasteiger partial charge in [0.1, 0.15) is 11.5 Å². The SMILES string of the molecule is COc1cc(NC(=O)CNc2cccc3c2CCCC3)c(OC)cc1Cl. The number of carbonyl (C=O) groups is 1. The summed E-state index contributed by atoms with van der Waals surface area (Å²) in [5.41, 5.74) is 4.27. The molecule has 2 aromatic rings. The van der Waals surface area contributed by atoms with Crippen molar-refractivity contribution >= 4 is 28.9 Å². The van der Waals surface area contributed by atoms with Gasteiger partial charge in [0.15, 0.2) is 0 Å². The highest BCUT2D eigenvalue weighted by molar-refractivity contribution is 6.32. The van der Waals surface area contributed by atoms with E-state index in [1.807, 2.05) is 12.1 Å². The second-order valence-electron chi connectivity index (χ2n) is 6.24. The quantitative estimate of drug-likeness (QED) is 0.792. The predicted molar refractivity (Wildman–Crippen MR) is 105 cm³/mol. The molecule has 26 heavy (non-hydrogen) atoms. The van der Waals surface area contributed by atoms with Crippen LogP contribution in [0.3, 0.4) is 0 Å². The summed E-state index contributed by atoms with van der Waals surface area (Å²) in [5.74, 6) is 0.801. The molecule has 0 aromatic heterocycles. The lowest BCUT2D eigenvalue weighted by Crippen LogP contribution is -2.23. The molecular weight excluding hydrogens is 352 g/mol. The first-order valence-electron chi connectivity index (χ1n) is 8.68. The van der Waals surface area contributed by atoms with E-state index in [0.717, 1.165) is 18.5 Å². The predicted octanol–water partition coefficient (Wildman–Crippen LogP) is 4.29. The molecular formula is C20H23ClN2O3. The van der Waals surface area contributed by atoms with Crippen molar-refractivity contribution in [1.29, 1.82) is 0 Å². The normalized spacial score (nSPS) is 12.9. The molecule has 0 fully saturated rings. The highest BCUT2D eigenvalue weighted by atomic mass is 35.5. The van der Waals surface area contributed by atoms with Crippen LogP contribution >= 0.6 is 11.6 Å². The number of rotatable bonds is 6. The van der Waals surface area contributed by atoms with Crippen molar-refractivity contribution in [3.63, 3.8) is 0 Å². The van der Waals surface area contributed by atoms with Crippen LogP contribution in [0.25, 0.3) is 0 Å². The Hall–Kier alpha value is -2.40. The lowest BCUT2D eigenvalue weighted by Gasteiger charge is -2.20. The minimum Gasteiger partial charge on any atom is -0.495 e. The second-order valence-corrected chi connectivity index (χ2v) is 6.65. The number of methoxy groups -OCH3 is 2. The van der Waals surface area contributed by atoms with Crippen LogP contribution in [0, 0.1) is 0 Å². The van der Waals surface area contributed by atoms with Gasteiger partial charge in [-0.2, -0.15) is 0 Å². The minimum absolute atomic E-state index is 0.166. The first-order valence-corrected chi connectivity index (χ1v) is 9.06. The molecule has 0 atom stereocenters. The van der Waals surface area contributed by atoms with Crippen LogP contribution in [0.2, 0.25) is 5.02 Å². The van der Waals surface area contributed by atoms with Gasteiger partial charge >= 0.3 is 0 Å². The third-order valence-corrected chi connectivity index (χ3v) is 4.88. The molecule has 0 aliphatic heterocycles. The van der Waals surface area contributed by atoms with Crippen molar-refractivity contribution in [2.24, 2.45) is 0 Å². The summed E-state index contributed by atoms with van der Waals surface area (Å²) >= 11 is 6.10. The molecule has 0 spiro atoms. The van der Waals surface area contributed by atoms with Gasteiger partial charge in [0.2, 0.25) is 5.91 Å². The monoisotopic (exact) mass is 374 g/mol. The average molecular weight is 375 g/mol. The lowest BCUT2D eigenvalue weighted by molar-refractivity contribution is -0.114. The molecule has 1 aliphatic carbocycles. The fourth-order valence-corrected chi connectivity index (χ4v) is 3.51. The third-order valence-electron chi connectivity index (χ3n) is 4.58. The molecule has 3 rings (SSSR count). The topological polar surface area (TPSA) is 59.6 Å². The van der Waals surface area contributed by atoms with Gasteiger partial charge in [0, 0.05) is 17.8 Å². The molecule has 0 saturated carbocycles. The summed E-state index contributed by atoms with van der Waals surface area (Å²) < 4.78 is 10.5. The molecule has 0 radical (unpaired) electrons. The zero-order chi connectivity index (χ0) is 18.5. The van der Waals surface area contributed by atoms with Gasteiger partial charge in [0.05, 0.1) is 31.5 Å². The largest absolute Gasteiger partial charge is 0.495 e. The van der Waals surface area contributed by atoms with E-state index in [1.54, 1.807) is 12.1 Å². The number of amides is 1. The van der Waals surface area contributed by atoms with E-state index in [-0.39, 0.29) is 12.5 Å². The maximum atomic E-state index is 12.4. The fourth-order valence-electron chi connectivity index (χ4n) is 3.27. The van der Waals surface area contributed by atoms with E-state index in [9.17, 15) is 4.79 Å². The molecule has 1 aliphatic rings. The van der Waals surface area contributed by atoms with Gasteiger partial charge in [-0.25, -0.2) is 0 Å². The van der Waals surface area contributed by atoms with Crippen LogP contribution in [0.4, 0.5) is 11.4 Å². The molecule has 0 heterocycles. The fraction of sp³-hybridized carbons (Fsp3) is 0.350. The van der Waals surface area contributed by atoms with Crippen molar-refractivity contribution in [2.45, 2.75) is 25.7 Å². The highest BCUT2D eigenvalue weighted by Crippen LogP contribution is 2.35. The van der Waals surface area contributed by atoms with Gasteiger partial charge in [-0.15, -0.1) is 0 Å². The van der Waals surface area contributed by atoms with E-state index in [1.165, 1.54) is 38.2 Å². The molecule has 1 amide bonds. The summed E-state index contributed by atoms with van der Waals surface area (Å²) in [6.07, 6.45) is 4.59. The molecule has 0 bridgehead atoms. The summed E-state index contributed by atoms with van der Waals surface area (Å²) in [6, 6.07) is 9.52. The molecule has 6 heteroatoms. The Balaban J connectivity index is 1.69. The molecule has 0 saturated heterocycles. The van der Waals surface area contributed by atoms with Crippen molar-refractivity contribution in [2.75, 3.05) is 31.4 Å². The zero-order valence-electron chi connectivity index (χ0n) is 15.0. The standard InChI is InChI=1S/C20H23ClN2O3/c1-25-18-11-17(19(26-2)10-15(18)21)23-20(24)12-22-16-9-5-7-13-6-3-4-8-14(13)16/h5,7,9-11,22H,3-4,6,8,12H2,1-2H3,(H,23,24). The third kappa shape index (κ3) is 4.05.